The second-order valence-electron chi connectivity index (χ2n) is 9.88. The molecule has 1 atom stereocenters. The second-order valence-corrected chi connectivity index (χ2v) is 9.88. The van der Waals surface area contributed by atoms with Crippen molar-refractivity contribution in [2.75, 3.05) is 30.8 Å². The molecule has 4 rings (SSSR count). The van der Waals surface area contributed by atoms with Gasteiger partial charge in [0.15, 0.2) is 5.78 Å². The third-order valence-corrected chi connectivity index (χ3v) is 6.89. The van der Waals surface area contributed by atoms with Gasteiger partial charge < -0.3 is 21.3 Å². The lowest BCUT2D eigenvalue weighted by Crippen LogP contribution is -2.43. The summed E-state index contributed by atoms with van der Waals surface area (Å²) in [5.74, 6) is -2.97. The Morgan fingerprint density at radius 1 is 1.18 bits per heavy atom. The number of piperidine rings is 1. The molecule has 1 aliphatic heterocycles. The second kappa shape index (κ2) is 11.2. The molecule has 0 unspecified atom stereocenters. The molecular formula is C28H32F2N6O2. The van der Waals surface area contributed by atoms with Crippen molar-refractivity contribution in [1.82, 2.24) is 14.9 Å². The molecule has 0 saturated carbocycles. The number of ketones is 1. The average Bonchev–Trinajstić information content (AvgIpc) is 2.89. The molecule has 0 bridgehead atoms. The lowest BCUT2D eigenvalue weighted by atomic mass is 10.0. The van der Waals surface area contributed by atoms with Crippen molar-refractivity contribution < 1.29 is 18.4 Å². The molecule has 1 aliphatic rings. The first-order valence-corrected chi connectivity index (χ1v) is 12.6. The van der Waals surface area contributed by atoms with E-state index in [4.69, 9.17) is 11.5 Å². The highest BCUT2D eigenvalue weighted by Crippen LogP contribution is 2.30. The van der Waals surface area contributed by atoms with Crippen molar-refractivity contribution in [3.63, 3.8) is 0 Å². The molecule has 1 aromatic carbocycles. The number of pyridine rings is 2. The van der Waals surface area contributed by atoms with Crippen LogP contribution >= 0.6 is 0 Å². The zero-order valence-electron chi connectivity index (χ0n) is 21.7. The summed E-state index contributed by atoms with van der Waals surface area (Å²) in [6.07, 6.45) is 5.11. The minimum Gasteiger partial charge on any atom is -0.397 e. The van der Waals surface area contributed by atoms with Gasteiger partial charge in [0, 0.05) is 62.3 Å². The molecule has 3 heterocycles. The molecule has 38 heavy (non-hydrogen) atoms. The Morgan fingerprint density at radius 2 is 1.95 bits per heavy atom. The van der Waals surface area contributed by atoms with Crippen molar-refractivity contribution in [1.29, 1.82) is 0 Å². The largest absolute Gasteiger partial charge is 0.397 e. The van der Waals surface area contributed by atoms with E-state index in [1.165, 1.54) is 24.1 Å². The van der Waals surface area contributed by atoms with Crippen LogP contribution in [-0.2, 0) is 6.42 Å². The van der Waals surface area contributed by atoms with E-state index in [9.17, 15) is 14.0 Å². The van der Waals surface area contributed by atoms with Crippen LogP contribution in [-0.4, -0.2) is 58.8 Å². The van der Waals surface area contributed by atoms with Gasteiger partial charge >= 0.3 is 0 Å². The summed E-state index contributed by atoms with van der Waals surface area (Å²) in [5, 5.41) is 0. The number of carbonyl (C=O) groups is 2. The van der Waals surface area contributed by atoms with Crippen LogP contribution in [0.4, 0.5) is 20.2 Å². The zero-order chi connectivity index (χ0) is 27.6. The summed E-state index contributed by atoms with van der Waals surface area (Å²) in [6, 6.07) is 6.54. The van der Waals surface area contributed by atoms with E-state index in [0.717, 1.165) is 37.2 Å². The first-order valence-electron chi connectivity index (χ1n) is 12.6. The van der Waals surface area contributed by atoms with Crippen LogP contribution in [0.1, 0.15) is 53.1 Å². The molecule has 1 saturated heterocycles. The molecule has 0 radical (unpaired) electrons. The van der Waals surface area contributed by atoms with Crippen LogP contribution in [0.3, 0.4) is 0 Å². The van der Waals surface area contributed by atoms with Crippen molar-refractivity contribution >= 4 is 23.1 Å². The van der Waals surface area contributed by atoms with Crippen LogP contribution in [0.15, 0.2) is 42.7 Å². The van der Waals surface area contributed by atoms with Gasteiger partial charge in [-0.3, -0.25) is 14.6 Å². The quantitative estimate of drug-likeness (QED) is 0.453. The maximum absolute atomic E-state index is 15.5. The predicted molar refractivity (Wildman–Crippen MR) is 143 cm³/mol. The Bertz CT molecular complexity index is 1360. The maximum atomic E-state index is 15.5. The van der Waals surface area contributed by atoms with E-state index in [-0.39, 0.29) is 41.1 Å². The maximum Gasteiger partial charge on any atom is 0.256 e. The molecular weight excluding hydrogens is 490 g/mol. The monoisotopic (exact) mass is 522 g/mol. The molecule has 8 nitrogen and oxygen atoms in total. The number of Topliss-reactive ketones (excluding diaryl/α,β-unsaturated/α-hetero) is 1. The van der Waals surface area contributed by atoms with Gasteiger partial charge in [-0.05, 0) is 57.0 Å². The minimum absolute atomic E-state index is 0.0437. The first kappa shape index (κ1) is 27.1. The molecule has 200 valence electrons. The van der Waals surface area contributed by atoms with E-state index in [1.807, 2.05) is 6.07 Å². The van der Waals surface area contributed by atoms with Crippen molar-refractivity contribution in [2.45, 2.75) is 45.2 Å². The van der Waals surface area contributed by atoms with Gasteiger partial charge in [-0.2, -0.15) is 0 Å². The van der Waals surface area contributed by atoms with Crippen LogP contribution in [0, 0.1) is 11.6 Å². The molecule has 0 spiro atoms. The van der Waals surface area contributed by atoms with Crippen LogP contribution < -0.4 is 16.4 Å². The third kappa shape index (κ3) is 5.50. The Hall–Kier alpha value is -3.92. The highest BCUT2D eigenvalue weighted by molar-refractivity contribution is 6.01. The topological polar surface area (TPSA) is 118 Å². The number of aromatic nitrogens is 2. The number of anilines is 2. The summed E-state index contributed by atoms with van der Waals surface area (Å²) in [5.41, 5.74) is 12.8. The van der Waals surface area contributed by atoms with Gasteiger partial charge in [0.1, 0.15) is 17.3 Å². The zero-order valence-corrected chi connectivity index (χ0v) is 21.7. The molecule has 2 aromatic heterocycles. The lowest BCUT2D eigenvalue weighted by molar-refractivity contribution is 0.0750. The van der Waals surface area contributed by atoms with Crippen molar-refractivity contribution in [2.24, 2.45) is 5.73 Å². The number of benzene rings is 1. The fourth-order valence-corrected chi connectivity index (χ4v) is 4.56. The van der Waals surface area contributed by atoms with E-state index < -0.39 is 28.9 Å². The Morgan fingerprint density at radius 3 is 2.66 bits per heavy atom. The van der Waals surface area contributed by atoms with Gasteiger partial charge in [0.2, 0.25) is 0 Å². The molecule has 0 aliphatic carbocycles. The number of nitrogen functional groups attached to an aromatic ring is 1. The van der Waals surface area contributed by atoms with Crippen molar-refractivity contribution in [3.8, 4) is 11.3 Å². The van der Waals surface area contributed by atoms with Gasteiger partial charge in [-0.15, -0.1) is 0 Å². The van der Waals surface area contributed by atoms with Crippen LogP contribution in [0.5, 0.6) is 0 Å². The highest BCUT2D eigenvalue weighted by atomic mass is 19.1. The SMILES string of the molecule is CC(C)N(C)C(=O)c1ccc(F)c(-c2ccc(N)c(C(=O)Cc3cnccc3N3CCC[C@H](N)C3)n2)c1F. The number of hydrogen-bond donors (Lipinski definition) is 2. The number of amides is 1. The fourth-order valence-electron chi connectivity index (χ4n) is 4.56. The number of carbonyl (C=O) groups excluding carboxylic acids is 2. The number of rotatable bonds is 7. The summed E-state index contributed by atoms with van der Waals surface area (Å²) in [7, 11) is 1.54. The summed E-state index contributed by atoms with van der Waals surface area (Å²) < 4.78 is 30.4. The predicted octanol–water partition coefficient (Wildman–Crippen LogP) is 3.84. The first-order chi connectivity index (χ1) is 18.1. The molecule has 10 heteroatoms. The number of nitrogens with two attached hydrogens (primary N) is 2. The molecule has 1 amide bonds. The summed E-state index contributed by atoms with van der Waals surface area (Å²) in [6.45, 7) is 5.05. The Balaban J connectivity index is 1.68. The van der Waals surface area contributed by atoms with E-state index in [0.29, 0.717) is 12.1 Å². The smallest absolute Gasteiger partial charge is 0.256 e. The molecule has 4 N–H and O–H groups in total. The normalized spacial score (nSPS) is 15.6. The van der Waals surface area contributed by atoms with E-state index in [1.54, 1.807) is 26.2 Å². The van der Waals surface area contributed by atoms with E-state index >= 15 is 4.39 Å². The standard InChI is InChI=1S/C28H32F2N6O2/c1-16(2)35(3)28(38)19-6-7-20(29)25(26(19)30)22-9-8-21(32)27(34-22)24(37)13-17-14-33-11-10-23(17)36-12-4-5-18(31)15-36/h6-11,14,16,18H,4-5,12-13,15,31-32H2,1-3H3/t18-/m0/s1. The van der Waals surface area contributed by atoms with Gasteiger partial charge in [0.25, 0.3) is 5.91 Å². The number of hydrogen-bond acceptors (Lipinski definition) is 7. The van der Waals surface area contributed by atoms with Gasteiger partial charge in [-0.1, -0.05) is 0 Å². The number of nitrogens with zero attached hydrogens (tertiary/aromatic N) is 4. The van der Waals surface area contributed by atoms with E-state index in [2.05, 4.69) is 14.9 Å². The molecule has 3 aromatic rings. The van der Waals surface area contributed by atoms with Gasteiger partial charge in [-0.25, -0.2) is 13.8 Å². The Kier molecular flexibility index (Phi) is 8.01. The van der Waals surface area contributed by atoms with Crippen molar-refractivity contribution in [3.05, 3.63) is 71.2 Å². The van der Waals surface area contributed by atoms with Crippen LogP contribution in [0.25, 0.3) is 11.3 Å². The highest BCUT2D eigenvalue weighted by Gasteiger charge is 2.26. The fraction of sp³-hybridized carbons (Fsp3) is 0.357. The summed E-state index contributed by atoms with van der Waals surface area (Å²) in [4.78, 5) is 38.1. The third-order valence-electron chi connectivity index (χ3n) is 6.89. The average molecular weight is 523 g/mol. The van der Waals surface area contributed by atoms with Crippen LogP contribution in [0.2, 0.25) is 0 Å². The lowest BCUT2D eigenvalue weighted by Gasteiger charge is -2.33. The number of halogens is 2. The Labute approximate surface area is 220 Å². The minimum atomic E-state index is -1.05. The summed E-state index contributed by atoms with van der Waals surface area (Å²) >= 11 is 0. The molecule has 1 fully saturated rings. The van der Waals surface area contributed by atoms with Gasteiger partial charge in [0.05, 0.1) is 22.5 Å².